The predicted octanol–water partition coefficient (Wildman–Crippen LogP) is 4.13. The number of nitrogens with one attached hydrogen (secondary N) is 2. The van der Waals surface area contributed by atoms with Gasteiger partial charge in [0.1, 0.15) is 11.6 Å². The number of rotatable bonds is 7. The maximum atomic E-state index is 13.3. The van der Waals surface area contributed by atoms with Crippen molar-refractivity contribution in [2.45, 2.75) is 26.4 Å². The second-order valence-corrected chi connectivity index (χ2v) is 10.2. The van der Waals surface area contributed by atoms with Crippen molar-refractivity contribution in [1.82, 2.24) is 15.3 Å². The van der Waals surface area contributed by atoms with Gasteiger partial charge in [0, 0.05) is 41.6 Å². The molecule has 2 aliphatic heterocycles. The third kappa shape index (κ3) is 5.18. The van der Waals surface area contributed by atoms with Crippen LogP contribution in [0.3, 0.4) is 0 Å². The molecule has 200 valence electrons. The summed E-state index contributed by atoms with van der Waals surface area (Å²) in [6.45, 7) is 7.50. The molecule has 3 heterocycles. The SMILES string of the molecule is CC(C)NC(=O)COc1ccc(-c2nc3ccc(N4Cc5cc(N6CCOCC6)ccc5C4=O)cc3[nH]2)cc1. The summed E-state index contributed by atoms with van der Waals surface area (Å²) in [5.74, 6) is 1.19. The number of nitrogens with zero attached hydrogens (tertiary/aromatic N) is 3. The molecule has 1 aromatic heterocycles. The van der Waals surface area contributed by atoms with Gasteiger partial charge in [0.2, 0.25) is 0 Å². The zero-order valence-corrected chi connectivity index (χ0v) is 22.1. The first-order valence-electron chi connectivity index (χ1n) is 13.2. The molecular formula is C30H31N5O4. The maximum Gasteiger partial charge on any atom is 0.258 e. The largest absolute Gasteiger partial charge is 0.484 e. The molecule has 2 amide bonds. The zero-order chi connectivity index (χ0) is 26.9. The van der Waals surface area contributed by atoms with E-state index in [-0.39, 0.29) is 24.5 Å². The number of fused-ring (bicyclic) bond motifs is 2. The Morgan fingerprint density at radius 2 is 1.82 bits per heavy atom. The van der Waals surface area contributed by atoms with Crippen LogP contribution in [0.2, 0.25) is 0 Å². The molecule has 4 aromatic rings. The Bertz CT molecular complexity index is 1520. The Hall–Kier alpha value is -4.37. The summed E-state index contributed by atoms with van der Waals surface area (Å²) >= 11 is 0. The van der Waals surface area contributed by atoms with Gasteiger partial charge in [0.25, 0.3) is 11.8 Å². The van der Waals surface area contributed by atoms with Crippen LogP contribution in [0.15, 0.2) is 60.7 Å². The van der Waals surface area contributed by atoms with E-state index in [2.05, 4.69) is 21.3 Å². The Morgan fingerprint density at radius 3 is 2.59 bits per heavy atom. The molecule has 0 aliphatic carbocycles. The molecule has 6 rings (SSSR count). The fraction of sp³-hybridized carbons (Fsp3) is 0.300. The summed E-state index contributed by atoms with van der Waals surface area (Å²) in [5.41, 5.74) is 6.32. The van der Waals surface area contributed by atoms with Crippen LogP contribution in [0.25, 0.3) is 22.4 Å². The van der Waals surface area contributed by atoms with Crippen molar-refractivity contribution >= 4 is 34.2 Å². The third-order valence-corrected chi connectivity index (χ3v) is 6.99. The molecule has 2 aliphatic rings. The first kappa shape index (κ1) is 24.9. The molecule has 9 nitrogen and oxygen atoms in total. The summed E-state index contributed by atoms with van der Waals surface area (Å²) in [4.78, 5) is 37.3. The summed E-state index contributed by atoms with van der Waals surface area (Å²) in [6, 6.07) is 19.5. The van der Waals surface area contributed by atoms with Crippen LogP contribution in [0.1, 0.15) is 29.8 Å². The van der Waals surface area contributed by atoms with E-state index >= 15 is 0 Å². The Morgan fingerprint density at radius 1 is 1.05 bits per heavy atom. The van der Waals surface area contributed by atoms with Gasteiger partial charge in [-0.25, -0.2) is 4.98 Å². The number of hydrogen-bond donors (Lipinski definition) is 2. The van der Waals surface area contributed by atoms with E-state index in [9.17, 15) is 9.59 Å². The topological polar surface area (TPSA) is 99.8 Å². The summed E-state index contributed by atoms with van der Waals surface area (Å²) in [5, 5.41) is 2.80. The first-order valence-corrected chi connectivity index (χ1v) is 13.2. The Balaban J connectivity index is 1.17. The number of anilines is 2. The quantitative estimate of drug-likeness (QED) is 0.376. The molecule has 0 spiro atoms. The van der Waals surface area contributed by atoms with Crippen molar-refractivity contribution in [1.29, 1.82) is 0 Å². The normalized spacial score (nSPS) is 15.2. The second-order valence-electron chi connectivity index (χ2n) is 10.2. The highest BCUT2D eigenvalue weighted by Crippen LogP contribution is 2.33. The summed E-state index contributed by atoms with van der Waals surface area (Å²) in [7, 11) is 0. The van der Waals surface area contributed by atoms with E-state index in [1.165, 1.54) is 0 Å². The number of H-pyrrole nitrogens is 1. The van der Waals surface area contributed by atoms with E-state index < -0.39 is 0 Å². The highest BCUT2D eigenvalue weighted by molar-refractivity contribution is 6.10. The smallest absolute Gasteiger partial charge is 0.258 e. The summed E-state index contributed by atoms with van der Waals surface area (Å²) in [6.07, 6.45) is 0. The van der Waals surface area contributed by atoms with E-state index in [1.807, 2.05) is 73.3 Å². The Kier molecular flexibility index (Phi) is 6.66. The number of carbonyl (C=O) groups is 2. The molecule has 0 bridgehead atoms. The molecule has 3 aromatic carbocycles. The van der Waals surface area contributed by atoms with E-state index in [4.69, 9.17) is 14.5 Å². The van der Waals surface area contributed by atoms with Crippen LogP contribution in [0.5, 0.6) is 5.75 Å². The minimum absolute atomic E-state index is 0.00952. The average Bonchev–Trinajstić information content (AvgIpc) is 3.52. The lowest BCUT2D eigenvalue weighted by Crippen LogP contribution is -2.36. The van der Waals surface area contributed by atoms with Gasteiger partial charge in [-0.3, -0.25) is 9.59 Å². The van der Waals surface area contributed by atoms with Gasteiger partial charge in [-0.1, -0.05) is 0 Å². The van der Waals surface area contributed by atoms with Gasteiger partial charge < -0.3 is 29.6 Å². The number of aromatic nitrogens is 2. The van der Waals surface area contributed by atoms with Gasteiger partial charge >= 0.3 is 0 Å². The van der Waals surface area contributed by atoms with Gasteiger partial charge in [-0.2, -0.15) is 0 Å². The van der Waals surface area contributed by atoms with Crippen molar-refractivity contribution in [3.63, 3.8) is 0 Å². The molecule has 1 fully saturated rings. The average molecular weight is 526 g/mol. The van der Waals surface area contributed by atoms with Crippen molar-refractivity contribution in [2.24, 2.45) is 0 Å². The minimum atomic E-state index is -0.153. The molecule has 0 radical (unpaired) electrons. The highest BCUT2D eigenvalue weighted by atomic mass is 16.5. The van der Waals surface area contributed by atoms with Crippen molar-refractivity contribution < 1.29 is 19.1 Å². The molecule has 2 N–H and O–H groups in total. The van der Waals surface area contributed by atoms with E-state index in [0.717, 1.165) is 71.2 Å². The molecule has 9 heteroatoms. The first-order chi connectivity index (χ1) is 18.9. The Labute approximate surface area is 226 Å². The number of imidazole rings is 1. The van der Waals surface area contributed by atoms with Crippen LogP contribution in [0.4, 0.5) is 11.4 Å². The molecule has 0 saturated carbocycles. The maximum absolute atomic E-state index is 13.3. The molecule has 39 heavy (non-hydrogen) atoms. The fourth-order valence-electron chi connectivity index (χ4n) is 5.06. The van der Waals surface area contributed by atoms with E-state index in [0.29, 0.717) is 12.3 Å². The van der Waals surface area contributed by atoms with Crippen LogP contribution < -0.4 is 19.9 Å². The second kappa shape index (κ2) is 10.4. The number of carbonyl (C=O) groups excluding carboxylic acids is 2. The van der Waals surface area contributed by atoms with Crippen molar-refractivity contribution in [2.75, 3.05) is 42.7 Å². The molecule has 0 atom stereocenters. The zero-order valence-electron chi connectivity index (χ0n) is 22.1. The lowest BCUT2D eigenvalue weighted by atomic mass is 10.1. The van der Waals surface area contributed by atoms with Crippen molar-refractivity contribution in [3.05, 3.63) is 71.8 Å². The number of amides is 2. The fourth-order valence-corrected chi connectivity index (χ4v) is 5.06. The van der Waals surface area contributed by atoms with Crippen molar-refractivity contribution in [3.8, 4) is 17.1 Å². The third-order valence-electron chi connectivity index (χ3n) is 6.99. The number of ether oxygens (including phenoxy) is 2. The monoisotopic (exact) mass is 525 g/mol. The number of hydrogen-bond acceptors (Lipinski definition) is 6. The van der Waals surface area contributed by atoms with Gasteiger partial charge in [-0.05, 0) is 80.1 Å². The molecule has 1 saturated heterocycles. The number of benzene rings is 3. The minimum Gasteiger partial charge on any atom is -0.484 e. The standard InChI is InChI=1S/C30H31N5O4/c1-19(2)31-28(36)18-39-24-7-3-20(4-8-24)29-32-26-10-6-23(16-27(26)33-29)35-17-21-15-22(5-9-25(21)30(35)37)34-11-13-38-14-12-34/h3-10,15-16,19H,11-14,17-18H2,1-2H3,(H,31,36)(H,32,33). The van der Waals surface area contributed by atoms with Crippen LogP contribution in [-0.2, 0) is 16.1 Å². The van der Waals surface area contributed by atoms with E-state index in [1.54, 1.807) is 0 Å². The summed E-state index contributed by atoms with van der Waals surface area (Å²) < 4.78 is 11.1. The van der Waals surface area contributed by atoms with Gasteiger partial charge in [-0.15, -0.1) is 0 Å². The number of aromatic amines is 1. The molecule has 0 unspecified atom stereocenters. The highest BCUT2D eigenvalue weighted by Gasteiger charge is 2.29. The van der Waals surface area contributed by atoms with Crippen LogP contribution >= 0.6 is 0 Å². The van der Waals surface area contributed by atoms with Gasteiger partial charge in [0.05, 0.1) is 30.8 Å². The predicted molar refractivity (Wildman–Crippen MR) is 150 cm³/mol. The van der Waals surface area contributed by atoms with Crippen LogP contribution in [-0.4, -0.2) is 60.7 Å². The lowest BCUT2D eigenvalue weighted by molar-refractivity contribution is -0.123. The molecular weight excluding hydrogens is 494 g/mol. The van der Waals surface area contributed by atoms with Crippen LogP contribution in [0, 0.1) is 0 Å². The van der Waals surface area contributed by atoms with Gasteiger partial charge in [0.15, 0.2) is 6.61 Å². The number of morpholine rings is 1. The lowest BCUT2D eigenvalue weighted by Gasteiger charge is -2.29.